The number of benzene rings is 2. The fraction of sp³-hybridized carbons (Fsp3) is 0.333. The van der Waals surface area contributed by atoms with Crippen LogP contribution in [-0.4, -0.2) is 26.1 Å². The minimum atomic E-state index is -0.881. The highest BCUT2D eigenvalue weighted by Crippen LogP contribution is 2.41. The summed E-state index contributed by atoms with van der Waals surface area (Å²) < 4.78 is 29.8. The van der Waals surface area contributed by atoms with E-state index in [1.165, 1.54) is 35.0 Å². The first-order valence-electron chi connectivity index (χ1n) is 9.62. The summed E-state index contributed by atoms with van der Waals surface area (Å²) in [6, 6.07) is 10.4. The predicted molar refractivity (Wildman–Crippen MR) is 104 cm³/mol. The summed E-state index contributed by atoms with van der Waals surface area (Å²) in [6.45, 7) is 1.72. The SMILES string of the molecule is Cc1nnnn1-c1ccc(F)c(NC(=O)C2(c3cccc(F)c3)CCCCC2)c1. The second kappa shape index (κ2) is 7.69. The number of nitrogens with zero attached hydrogens (tertiary/aromatic N) is 4. The van der Waals surface area contributed by atoms with Gasteiger partial charge in [-0.15, -0.1) is 5.10 Å². The van der Waals surface area contributed by atoms with E-state index in [9.17, 15) is 13.6 Å². The van der Waals surface area contributed by atoms with Crippen LogP contribution in [0.4, 0.5) is 14.5 Å². The monoisotopic (exact) mass is 397 g/mol. The first-order valence-corrected chi connectivity index (χ1v) is 9.62. The fourth-order valence-corrected chi connectivity index (χ4v) is 4.04. The van der Waals surface area contributed by atoms with Gasteiger partial charge in [0.1, 0.15) is 11.6 Å². The Morgan fingerprint density at radius 3 is 2.59 bits per heavy atom. The lowest BCUT2D eigenvalue weighted by atomic mass is 9.68. The molecule has 150 valence electrons. The number of tetrazole rings is 1. The van der Waals surface area contributed by atoms with Gasteiger partial charge >= 0.3 is 0 Å². The summed E-state index contributed by atoms with van der Waals surface area (Å²) in [5.74, 6) is -0.731. The number of carbonyl (C=O) groups excluding carboxylic acids is 1. The Morgan fingerprint density at radius 1 is 1.10 bits per heavy atom. The van der Waals surface area contributed by atoms with Crippen LogP contribution in [0.5, 0.6) is 0 Å². The lowest BCUT2D eigenvalue weighted by Gasteiger charge is -2.36. The van der Waals surface area contributed by atoms with Crippen molar-refractivity contribution >= 4 is 11.6 Å². The third-order valence-corrected chi connectivity index (χ3v) is 5.59. The van der Waals surface area contributed by atoms with E-state index in [-0.39, 0.29) is 17.4 Å². The van der Waals surface area contributed by atoms with Crippen LogP contribution in [0.1, 0.15) is 43.5 Å². The highest BCUT2D eigenvalue weighted by Gasteiger charge is 2.41. The average molecular weight is 397 g/mol. The molecule has 3 aromatic rings. The van der Waals surface area contributed by atoms with Crippen molar-refractivity contribution in [3.05, 3.63) is 65.5 Å². The quantitative estimate of drug-likeness (QED) is 0.720. The van der Waals surface area contributed by atoms with Crippen LogP contribution in [-0.2, 0) is 10.2 Å². The first kappa shape index (κ1) is 19.2. The van der Waals surface area contributed by atoms with Gasteiger partial charge in [-0.2, -0.15) is 4.68 Å². The second-order valence-electron chi connectivity index (χ2n) is 7.41. The standard InChI is InChI=1S/C21H21F2N5O/c1-14-25-26-27-28(14)17-8-9-18(23)19(13-17)24-20(29)21(10-3-2-4-11-21)15-6-5-7-16(22)12-15/h5-9,12-13H,2-4,10-11H2,1H3,(H,24,29). The molecular formula is C21H21F2N5O. The third kappa shape index (κ3) is 3.62. The van der Waals surface area contributed by atoms with Gasteiger partial charge in [-0.1, -0.05) is 31.4 Å². The summed E-state index contributed by atoms with van der Waals surface area (Å²) >= 11 is 0. The zero-order valence-corrected chi connectivity index (χ0v) is 16.0. The number of aryl methyl sites for hydroxylation is 1. The highest BCUT2D eigenvalue weighted by atomic mass is 19.1. The molecule has 0 bridgehead atoms. The summed E-state index contributed by atoms with van der Waals surface area (Å²) in [6.07, 6.45) is 3.92. The molecular weight excluding hydrogens is 376 g/mol. The number of nitrogens with one attached hydrogen (secondary N) is 1. The van der Waals surface area contributed by atoms with Gasteiger partial charge in [-0.25, -0.2) is 8.78 Å². The molecule has 8 heteroatoms. The van der Waals surface area contributed by atoms with E-state index < -0.39 is 11.2 Å². The molecule has 0 saturated heterocycles. The van der Waals surface area contributed by atoms with E-state index in [0.717, 1.165) is 19.3 Å². The topological polar surface area (TPSA) is 72.7 Å². The molecule has 1 amide bonds. The molecule has 6 nitrogen and oxygen atoms in total. The molecule has 1 heterocycles. The Balaban J connectivity index is 1.69. The van der Waals surface area contributed by atoms with Crippen LogP contribution in [0.3, 0.4) is 0 Å². The normalized spacial score (nSPS) is 15.8. The molecule has 2 aromatic carbocycles. The maximum Gasteiger partial charge on any atom is 0.235 e. The largest absolute Gasteiger partial charge is 0.323 e. The summed E-state index contributed by atoms with van der Waals surface area (Å²) in [7, 11) is 0. The third-order valence-electron chi connectivity index (χ3n) is 5.59. The van der Waals surface area contributed by atoms with Crippen LogP contribution in [0.25, 0.3) is 5.69 Å². The fourth-order valence-electron chi connectivity index (χ4n) is 4.04. The molecule has 0 radical (unpaired) electrons. The van der Waals surface area contributed by atoms with Crippen molar-refractivity contribution in [2.24, 2.45) is 0 Å². The van der Waals surface area contributed by atoms with Gasteiger partial charge in [0, 0.05) is 0 Å². The maximum atomic E-state index is 14.5. The van der Waals surface area contributed by atoms with E-state index in [2.05, 4.69) is 20.8 Å². The van der Waals surface area contributed by atoms with Gasteiger partial charge in [0.05, 0.1) is 16.8 Å². The van der Waals surface area contributed by atoms with Crippen LogP contribution >= 0.6 is 0 Å². The molecule has 1 N–H and O–H groups in total. The molecule has 1 aliphatic carbocycles. The second-order valence-corrected chi connectivity index (χ2v) is 7.41. The molecule has 0 atom stereocenters. The Hall–Kier alpha value is -3.16. The minimum Gasteiger partial charge on any atom is -0.323 e. The molecule has 1 saturated carbocycles. The van der Waals surface area contributed by atoms with Crippen molar-refractivity contribution in [1.29, 1.82) is 0 Å². The number of hydrogen-bond donors (Lipinski definition) is 1. The zero-order chi connectivity index (χ0) is 20.4. The molecule has 1 aliphatic rings. The lowest BCUT2D eigenvalue weighted by Crippen LogP contribution is -2.42. The smallest absolute Gasteiger partial charge is 0.235 e. The summed E-state index contributed by atoms with van der Waals surface area (Å²) in [5, 5.41) is 14.0. The van der Waals surface area contributed by atoms with Gasteiger partial charge < -0.3 is 5.32 Å². The lowest BCUT2D eigenvalue weighted by molar-refractivity contribution is -0.122. The molecule has 1 fully saturated rings. The molecule has 29 heavy (non-hydrogen) atoms. The Labute approximate surface area is 166 Å². The Kier molecular flexibility index (Phi) is 5.08. The van der Waals surface area contributed by atoms with E-state index in [4.69, 9.17) is 0 Å². The van der Waals surface area contributed by atoms with Crippen molar-refractivity contribution in [2.45, 2.75) is 44.4 Å². The maximum absolute atomic E-state index is 14.5. The molecule has 0 spiro atoms. The van der Waals surface area contributed by atoms with E-state index in [1.54, 1.807) is 19.1 Å². The number of rotatable bonds is 4. The summed E-state index contributed by atoms with van der Waals surface area (Å²) in [5.41, 5.74) is 0.326. The van der Waals surface area contributed by atoms with Gasteiger partial charge in [0.2, 0.25) is 5.91 Å². The zero-order valence-electron chi connectivity index (χ0n) is 16.0. The van der Waals surface area contributed by atoms with Crippen molar-refractivity contribution in [3.8, 4) is 5.69 Å². The number of anilines is 1. The van der Waals surface area contributed by atoms with Gasteiger partial charge in [0.15, 0.2) is 5.82 Å². The van der Waals surface area contributed by atoms with E-state index in [1.807, 2.05) is 0 Å². The predicted octanol–water partition coefficient (Wildman–Crippen LogP) is 4.09. The summed E-state index contributed by atoms with van der Waals surface area (Å²) in [4.78, 5) is 13.4. The van der Waals surface area contributed by atoms with Crippen LogP contribution in [0, 0.1) is 18.6 Å². The van der Waals surface area contributed by atoms with Crippen molar-refractivity contribution in [2.75, 3.05) is 5.32 Å². The molecule has 4 rings (SSSR count). The van der Waals surface area contributed by atoms with Crippen LogP contribution in [0.2, 0.25) is 0 Å². The minimum absolute atomic E-state index is 0.0451. The number of hydrogen-bond acceptors (Lipinski definition) is 4. The van der Waals surface area contributed by atoms with Gasteiger partial charge in [-0.05, 0) is 66.1 Å². The first-order chi connectivity index (χ1) is 14.0. The number of amides is 1. The average Bonchev–Trinajstić information content (AvgIpc) is 3.16. The number of carbonyl (C=O) groups is 1. The number of aromatic nitrogens is 4. The molecule has 1 aromatic heterocycles. The van der Waals surface area contributed by atoms with E-state index >= 15 is 0 Å². The Bertz CT molecular complexity index is 1040. The molecule has 0 unspecified atom stereocenters. The molecule has 0 aliphatic heterocycles. The van der Waals surface area contributed by atoms with Crippen molar-refractivity contribution in [3.63, 3.8) is 0 Å². The Morgan fingerprint density at radius 2 is 1.90 bits per heavy atom. The van der Waals surface area contributed by atoms with Gasteiger partial charge in [-0.3, -0.25) is 4.79 Å². The van der Waals surface area contributed by atoms with Crippen LogP contribution in [0.15, 0.2) is 42.5 Å². The van der Waals surface area contributed by atoms with Crippen molar-refractivity contribution < 1.29 is 13.6 Å². The van der Waals surface area contributed by atoms with Gasteiger partial charge in [0.25, 0.3) is 0 Å². The van der Waals surface area contributed by atoms with Crippen molar-refractivity contribution in [1.82, 2.24) is 20.2 Å². The highest BCUT2D eigenvalue weighted by molar-refractivity contribution is 5.99. The number of halogens is 2. The van der Waals surface area contributed by atoms with Crippen LogP contribution < -0.4 is 5.32 Å². The van der Waals surface area contributed by atoms with E-state index in [0.29, 0.717) is 29.9 Å².